The SMILES string of the molecule is CC(C)(C)c1ccc(O)c(O)c1.CC(C)(C)c1ccc(O)c(O)c1. The van der Waals surface area contributed by atoms with Crippen molar-refractivity contribution < 1.29 is 20.4 Å². The molecule has 0 aliphatic rings. The van der Waals surface area contributed by atoms with E-state index in [0.29, 0.717) is 0 Å². The molecule has 0 atom stereocenters. The molecule has 0 saturated heterocycles. The van der Waals surface area contributed by atoms with E-state index in [9.17, 15) is 10.2 Å². The van der Waals surface area contributed by atoms with Gasteiger partial charge in [-0.15, -0.1) is 0 Å². The normalized spacial score (nSPS) is 11.6. The summed E-state index contributed by atoms with van der Waals surface area (Å²) >= 11 is 0. The Bertz CT molecular complexity index is 630. The Morgan fingerprint density at radius 3 is 1.00 bits per heavy atom. The van der Waals surface area contributed by atoms with E-state index in [1.807, 2.05) is 12.1 Å². The van der Waals surface area contributed by atoms with Gasteiger partial charge in [0.15, 0.2) is 23.0 Å². The molecular formula is C20H28O4. The molecule has 4 nitrogen and oxygen atoms in total. The van der Waals surface area contributed by atoms with Crippen molar-refractivity contribution in [3.8, 4) is 23.0 Å². The second kappa shape index (κ2) is 7.04. The van der Waals surface area contributed by atoms with Gasteiger partial charge in [0.1, 0.15) is 0 Å². The van der Waals surface area contributed by atoms with Gasteiger partial charge in [-0.25, -0.2) is 0 Å². The molecule has 0 heterocycles. The third kappa shape index (κ3) is 5.37. The van der Waals surface area contributed by atoms with E-state index < -0.39 is 0 Å². The number of aromatic hydroxyl groups is 4. The minimum absolute atomic E-state index is 0.00514. The van der Waals surface area contributed by atoms with Crippen LogP contribution in [-0.4, -0.2) is 20.4 Å². The van der Waals surface area contributed by atoms with Gasteiger partial charge in [0, 0.05) is 0 Å². The molecule has 2 aromatic carbocycles. The lowest BCUT2D eigenvalue weighted by molar-refractivity contribution is 0.401. The number of benzene rings is 2. The molecule has 0 spiro atoms. The highest BCUT2D eigenvalue weighted by atomic mass is 16.3. The number of phenols is 4. The maximum atomic E-state index is 9.21. The second-order valence-electron chi connectivity index (χ2n) is 7.91. The van der Waals surface area contributed by atoms with Crippen LogP contribution in [0.4, 0.5) is 0 Å². The van der Waals surface area contributed by atoms with Crippen molar-refractivity contribution in [1.82, 2.24) is 0 Å². The average Bonchev–Trinajstić information content (AvgIpc) is 2.43. The van der Waals surface area contributed by atoms with Gasteiger partial charge >= 0.3 is 0 Å². The topological polar surface area (TPSA) is 80.9 Å². The molecule has 0 aromatic heterocycles. The summed E-state index contributed by atoms with van der Waals surface area (Å²) in [5, 5.41) is 36.5. The molecule has 132 valence electrons. The molecule has 0 bridgehead atoms. The van der Waals surface area contributed by atoms with Crippen LogP contribution in [0.3, 0.4) is 0 Å². The van der Waals surface area contributed by atoms with Crippen LogP contribution in [0.2, 0.25) is 0 Å². The van der Waals surface area contributed by atoms with Gasteiger partial charge in [-0.2, -0.15) is 0 Å². The van der Waals surface area contributed by atoms with E-state index in [0.717, 1.165) is 11.1 Å². The summed E-state index contributed by atoms with van der Waals surface area (Å²) in [6.07, 6.45) is 0. The summed E-state index contributed by atoms with van der Waals surface area (Å²) in [6.45, 7) is 12.3. The standard InChI is InChI=1S/2C10H14O2/c2*1-10(2,3)7-4-5-8(11)9(12)6-7/h2*4-6,11-12H,1-3H3. The van der Waals surface area contributed by atoms with E-state index in [2.05, 4.69) is 41.5 Å². The monoisotopic (exact) mass is 332 g/mol. The van der Waals surface area contributed by atoms with E-state index >= 15 is 0 Å². The van der Waals surface area contributed by atoms with Gasteiger partial charge in [0.2, 0.25) is 0 Å². The lowest BCUT2D eigenvalue weighted by atomic mass is 9.87. The van der Waals surface area contributed by atoms with Crippen LogP contribution in [-0.2, 0) is 10.8 Å². The second-order valence-corrected chi connectivity index (χ2v) is 7.91. The first-order valence-electron chi connectivity index (χ1n) is 7.87. The molecule has 24 heavy (non-hydrogen) atoms. The van der Waals surface area contributed by atoms with Crippen LogP contribution in [0.1, 0.15) is 52.7 Å². The predicted molar refractivity (Wildman–Crippen MR) is 96.9 cm³/mol. The Morgan fingerprint density at radius 2 is 0.792 bits per heavy atom. The predicted octanol–water partition coefficient (Wildman–Crippen LogP) is 4.79. The maximum absolute atomic E-state index is 9.21. The van der Waals surface area contributed by atoms with Crippen LogP contribution < -0.4 is 0 Å². The first kappa shape index (κ1) is 19.7. The van der Waals surface area contributed by atoms with Crippen molar-refractivity contribution in [3.63, 3.8) is 0 Å². The van der Waals surface area contributed by atoms with Crippen LogP contribution in [0, 0.1) is 0 Å². The summed E-state index contributed by atoms with van der Waals surface area (Å²) in [6, 6.07) is 9.83. The van der Waals surface area contributed by atoms with Gasteiger partial charge in [-0.1, -0.05) is 53.7 Å². The van der Waals surface area contributed by atoms with E-state index in [-0.39, 0.29) is 33.8 Å². The van der Waals surface area contributed by atoms with Crippen molar-refractivity contribution in [3.05, 3.63) is 47.5 Å². The van der Waals surface area contributed by atoms with Crippen molar-refractivity contribution in [2.24, 2.45) is 0 Å². The summed E-state index contributed by atoms with van der Waals surface area (Å²) in [5.74, 6) is -0.240. The first-order valence-corrected chi connectivity index (χ1v) is 7.87. The molecule has 2 rings (SSSR count). The minimum atomic E-state index is -0.0667. The van der Waals surface area contributed by atoms with E-state index in [1.165, 1.54) is 12.1 Å². The van der Waals surface area contributed by atoms with Crippen molar-refractivity contribution in [2.45, 2.75) is 52.4 Å². The first-order chi connectivity index (χ1) is 10.8. The largest absolute Gasteiger partial charge is 0.504 e. The lowest BCUT2D eigenvalue weighted by Crippen LogP contribution is -2.10. The molecule has 0 amide bonds. The zero-order chi connectivity index (χ0) is 18.7. The van der Waals surface area contributed by atoms with Crippen molar-refractivity contribution in [2.75, 3.05) is 0 Å². The fourth-order valence-corrected chi connectivity index (χ4v) is 1.98. The van der Waals surface area contributed by atoms with Gasteiger partial charge in [-0.05, 0) is 46.2 Å². The third-order valence-corrected chi connectivity index (χ3v) is 3.68. The summed E-state index contributed by atoms with van der Waals surface area (Å²) in [5.41, 5.74) is 2.03. The molecule has 0 radical (unpaired) electrons. The molecule has 4 N–H and O–H groups in total. The molecule has 0 aliphatic carbocycles. The van der Waals surface area contributed by atoms with Gasteiger partial charge in [0.25, 0.3) is 0 Å². The van der Waals surface area contributed by atoms with E-state index in [4.69, 9.17) is 10.2 Å². The lowest BCUT2D eigenvalue weighted by Gasteiger charge is -2.19. The zero-order valence-corrected chi connectivity index (χ0v) is 15.3. The average molecular weight is 332 g/mol. The molecule has 2 aromatic rings. The van der Waals surface area contributed by atoms with Crippen LogP contribution >= 0.6 is 0 Å². The van der Waals surface area contributed by atoms with Gasteiger partial charge < -0.3 is 20.4 Å². The van der Waals surface area contributed by atoms with Gasteiger partial charge in [-0.3, -0.25) is 0 Å². The molecule has 0 fully saturated rings. The molecule has 0 unspecified atom stereocenters. The highest BCUT2D eigenvalue weighted by Crippen LogP contribution is 2.31. The Morgan fingerprint density at radius 1 is 0.500 bits per heavy atom. The number of hydrogen-bond acceptors (Lipinski definition) is 4. The quantitative estimate of drug-likeness (QED) is 0.523. The fourth-order valence-electron chi connectivity index (χ4n) is 1.98. The number of phenolic OH excluding ortho intramolecular Hbond substituents is 4. The molecule has 0 saturated carbocycles. The smallest absolute Gasteiger partial charge is 0.157 e. The summed E-state index contributed by atoms with van der Waals surface area (Å²) in [7, 11) is 0. The van der Waals surface area contributed by atoms with E-state index in [1.54, 1.807) is 12.1 Å². The Labute approximate surface area is 144 Å². The fraction of sp³-hybridized carbons (Fsp3) is 0.400. The Kier molecular flexibility index (Phi) is 5.77. The minimum Gasteiger partial charge on any atom is -0.504 e. The number of rotatable bonds is 0. The Hall–Kier alpha value is -2.36. The zero-order valence-electron chi connectivity index (χ0n) is 15.3. The van der Waals surface area contributed by atoms with Crippen molar-refractivity contribution in [1.29, 1.82) is 0 Å². The van der Waals surface area contributed by atoms with Crippen LogP contribution in [0.25, 0.3) is 0 Å². The highest BCUT2D eigenvalue weighted by molar-refractivity contribution is 5.43. The summed E-state index contributed by atoms with van der Waals surface area (Å²) in [4.78, 5) is 0. The van der Waals surface area contributed by atoms with Crippen LogP contribution in [0.5, 0.6) is 23.0 Å². The highest BCUT2D eigenvalue weighted by Gasteiger charge is 2.15. The maximum Gasteiger partial charge on any atom is 0.157 e. The summed E-state index contributed by atoms with van der Waals surface area (Å²) < 4.78 is 0. The molecule has 0 aliphatic heterocycles. The molecular weight excluding hydrogens is 304 g/mol. The Balaban J connectivity index is 0.000000240. The third-order valence-electron chi connectivity index (χ3n) is 3.68. The van der Waals surface area contributed by atoms with Crippen molar-refractivity contribution >= 4 is 0 Å². The number of hydrogen-bond donors (Lipinski definition) is 4. The molecule has 4 heteroatoms. The van der Waals surface area contributed by atoms with Crippen LogP contribution in [0.15, 0.2) is 36.4 Å². The van der Waals surface area contributed by atoms with Gasteiger partial charge in [0.05, 0.1) is 0 Å².